The van der Waals surface area contributed by atoms with Gasteiger partial charge in [0.2, 0.25) is 0 Å². The Balaban J connectivity index is 2.75. The topological polar surface area (TPSA) is 63.2 Å². The Labute approximate surface area is 99.4 Å². The van der Waals surface area contributed by atoms with Gasteiger partial charge in [0.25, 0.3) is 5.91 Å². The number of hydrogen-bond donors (Lipinski definition) is 2. The average Bonchev–Trinajstić information content (AvgIpc) is 2.35. The third-order valence-electron chi connectivity index (χ3n) is 2.32. The van der Waals surface area contributed by atoms with E-state index in [2.05, 4.69) is 15.6 Å². The van der Waals surface area contributed by atoms with Crippen LogP contribution in [-0.4, -0.2) is 37.7 Å². The van der Waals surface area contributed by atoms with Crippen molar-refractivity contribution >= 4 is 11.7 Å². The lowest BCUT2D eigenvalue weighted by Gasteiger charge is -2.11. The molecule has 1 aromatic rings. The summed E-state index contributed by atoms with van der Waals surface area (Å²) in [5.74, 6) is -1.08. The van der Waals surface area contributed by atoms with Crippen LogP contribution in [0.3, 0.4) is 0 Å². The highest BCUT2D eigenvalue weighted by atomic mass is 19.1. The molecule has 1 aromatic heterocycles. The highest BCUT2D eigenvalue weighted by Crippen LogP contribution is 2.14. The minimum Gasteiger partial charge on any atom is -0.380 e. The maximum atomic E-state index is 13.7. The molecule has 1 rings (SSSR count). The van der Waals surface area contributed by atoms with Crippen molar-refractivity contribution in [2.45, 2.75) is 13.0 Å². The zero-order valence-corrected chi connectivity index (χ0v) is 10.1. The molecule has 0 saturated heterocycles. The predicted octanol–water partition coefficient (Wildman–Crippen LogP) is 1.03. The standard InChI is InChI=1S/C11H16FN3O2/c1-7(17-3)6-15-11(16)8-4-5-14-10(13-2)9(8)12/h4-5,7H,6H2,1-3H3,(H,13,14)(H,15,16). The summed E-state index contributed by atoms with van der Waals surface area (Å²) in [5.41, 5.74) is -0.0346. The van der Waals surface area contributed by atoms with Crippen molar-refractivity contribution in [1.82, 2.24) is 10.3 Å². The van der Waals surface area contributed by atoms with E-state index in [1.807, 2.05) is 6.92 Å². The van der Waals surface area contributed by atoms with Gasteiger partial charge in [0.15, 0.2) is 11.6 Å². The smallest absolute Gasteiger partial charge is 0.254 e. The zero-order valence-electron chi connectivity index (χ0n) is 10.1. The van der Waals surface area contributed by atoms with Crippen LogP contribution < -0.4 is 10.6 Å². The van der Waals surface area contributed by atoms with Gasteiger partial charge in [-0.25, -0.2) is 9.37 Å². The number of ether oxygens (including phenoxy) is 1. The van der Waals surface area contributed by atoms with Crippen molar-refractivity contribution in [1.29, 1.82) is 0 Å². The van der Waals surface area contributed by atoms with E-state index in [0.29, 0.717) is 6.54 Å². The van der Waals surface area contributed by atoms with Crippen LogP contribution in [0.5, 0.6) is 0 Å². The number of methoxy groups -OCH3 is 1. The number of carbonyl (C=O) groups excluding carboxylic acids is 1. The molecule has 0 aliphatic heterocycles. The molecule has 17 heavy (non-hydrogen) atoms. The Morgan fingerprint density at radius 1 is 1.65 bits per heavy atom. The molecular formula is C11H16FN3O2. The van der Waals surface area contributed by atoms with Gasteiger partial charge in [-0.1, -0.05) is 0 Å². The maximum Gasteiger partial charge on any atom is 0.254 e. The predicted molar refractivity (Wildman–Crippen MR) is 62.5 cm³/mol. The minimum absolute atomic E-state index is 0.0346. The molecule has 0 aliphatic rings. The highest BCUT2D eigenvalue weighted by Gasteiger charge is 2.15. The SMILES string of the molecule is CNc1nccc(C(=O)NCC(C)OC)c1F. The van der Waals surface area contributed by atoms with Crippen LogP contribution in [0.4, 0.5) is 10.2 Å². The summed E-state index contributed by atoms with van der Waals surface area (Å²) in [7, 11) is 3.09. The number of halogens is 1. The molecule has 2 N–H and O–H groups in total. The van der Waals surface area contributed by atoms with Crippen LogP contribution in [0.2, 0.25) is 0 Å². The van der Waals surface area contributed by atoms with Crippen molar-refractivity contribution in [3.05, 3.63) is 23.6 Å². The normalized spacial score (nSPS) is 12.0. The monoisotopic (exact) mass is 241 g/mol. The first-order valence-electron chi connectivity index (χ1n) is 5.23. The molecule has 0 saturated carbocycles. The lowest BCUT2D eigenvalue weighted by Crippen LogP contribution is -2.32. The average molecular weight is 241 g/mol. The lowest BCUT2D eigenvalue weighted by atomic mass is 10.2. The number of pyridine rings is 1. The van der Waals surface area contributed by atoms with Crippen LogP contribution >= 0.6 is 0 Å². The van der Waals surface area contributed by atoms with Crippen LogP contribution in [0.1, 0.15) is 17.3 Å². The third-order valence-corrected chi connectivity index (χ3v) is 2.32. The quantitative estimate of drug-likeness (QED) is 0.808. The summed E-state index contributed by atoms with van der Waals surface area (Å²) in [4.78, 5) is 15.5. The molecule has 0 aromatic carbocycles. The zero-order chi connectivity index (χ0) is 12.8. The van der Waals surface area contributed by atoms with Gasteiger partial charge in [0, 0.05) is 26.9 Å². The highest BCUT2D eigenvalue weighted by molar-refractivity contribution is 5.95. The Morgan fingerprint density at radius 2 is 2.35 bits per heavy atom. The van der Waals surface area contributed by atoms with E-state index < -0.39 is 11.7 Å². The molecule has 0 spiro atoms. The molecule has 0 bridgehead atoms. The number of amides is 1. The maximum absolute atomic E-state index is 13.7. The van der Waals surface area contributed by atoms with Crippen molar-refractivity contribution in [2.75, 3.05) is 26.0 Å². The molecule has 1 atom stereocenters. The Hall–Kier alpha value is -1.69. The molecular weight excluding hydrogens is 225 g/mol. The second-order valence-electron chi connectivity index (χ2n) is 3.53. The fourth-order valence-corrected chi connectivity index (χ4v) is 1.21. The molecule has 94 valence electrons. The lowest BCUT2D eigenvalue weighted by molar-refractivity contribution is 0.0867. The summed E-state index contributed by atoms with van der Waals surface area (Å²) >= 11 is 0. The third kappa shape index (κ3) is 3.39. The van der Waals surface area contributed by atoms with Gasteiger partial charge in [-0.2, -0.15) is 0 Å². The number of nitrogens with zero attached hydrogens (tertiary/aromatic N) is 1. The van der Waals surface area contributed by atoms with Gasteiger partial charge < -0.3 is 15.4 Å². The summed E-state index contributed by atoms with van der Waals surface area (Å²) < 4.78 is 18.7. The Kier molecular flexibility index (Phi) is 4.84. The van der Waals surface area contributed by atoms with Crippen LogP contribution in [0.25, 0.3) is 0 Å². The Bertz CT molecular complexity index is 398. The van der Waals surface area contributed by atoms with Crippen LogP contribution in [0.15, 0.2) is 12.3 Å². The van der Waals surface area contributed by atoms with E-state index in [1.54, 1.807) is 14.2 Å². The van der Waals surface area contributed by atoms with Crippen LogP contribution in [-0.2, 0) is 4.74 Å². The van der Waals surface area contributed by atoms with E-state index in [-0.39, 0.29) is 17.5 Å². The molecule has 1 amide bonds. The van der Waals surface area contributed by atoms with Crippen molar-refractivity contribution < 1.29 is 13.9 Å². The largest absolute Gasteiger partial charge is 0.380 e. The van der Waals surface area contributed by atoms with Gasteiger partial charge in [-0.15, -0.1) is 0 Å². The van der Waals surface area contributed by atoms with Gasteiger partial charge in [0.1, 0.15) is 0 Å². The number of aromatic nitrogens is 1. The fourth-order valence-electron chi connectivity index (χ4n) is 1.21. The molecule has 1 heterocycles. The number of nitrogens with one attached hydrogen (secondary N) is 2. The molecule has 6 heteroatoms. The Morgan fingerprint density at radius 3 is 2.94 bits per heavy atom. The summed E-state index contributed by atoms with van der Waals surface area (Å²) in [6.45, 7) is 2.13. The molecule has 1 unspecified atom stereocenters. The van der Waals surface area contributed by atoms with Gasteiger partial charge in [-0.05, 0) is 13.0 Å². The molecule has 0 aliphatic carbocycles. The number of anilines is 1. The molecule has 0 fully saturated rings. The first-order valence-corrected chi connectivity index (χ1v) is 5.23. The molecule has 0 radical (unpaired) electrons. The first-order chi connectivity index (χ1) is 8.10. The second kappa shape index (κ2) is 6.15. The number of rotatable bonds is 5. The van der Waals surface area contributed by atoms with E-state index in [0.717, 1.165) is 0 Å². The van der Waals surface area contributed by atoms with E-state index in [9.17, 15) is 9.18 Å². The van der Waals surface area contributed by atoms with Crippen molar-refractivity contribution in [2.24, 2.45) is 0 Å². The van der Waals surface area contributed by atoms with Crippen molar-refractivity contribution in [3.8, 4) is 0 Å². The first kappa shape index (κ1) is 13.4. The van der Waals surface area contributed by atoms with E-state index in [1.165, 1.54) is 12.3 Å². The van der Waals surface area contributed by atoms with Crippen molar-refractivity contribution in [3.63, 3.8) is 0 Å². The number of carbonyl (C=O) groups is 1. The van der Waals surface area contributed by atoms with Crippen LogP contribution in [0, 0.1) is 5.82 Å². The van der Waals surface area contributed by atoms with E-state index >= 15 is 0 Å². The van der Waals surface area contributed by atoms with E-state index in [4.69, 9.17) is 4.74 Å². The fraction of sp³-hybridized carbons (Fsp3) is 0.455. The summed E-state index contributed by atoms with van der Waals surface area (Å²) in [5, 5.41) is 5.16. The van der Waals surface area contributed by atoms with Gasteiger partial charge >= 0.3 is 0 Å². The summed E-state index contributed by atoms with van der Waals surface area (Å²) in [6, 6.07) is 1.34. The second-order valence-corrected chi connectivity index (χ2v) is 3.53. The van der Waals surface area contributed by atoms with Gasteiger partial charge in [0.05, 0.1) is 11.7 Å². The number of hydrogen-bond acceptors (Lipinski definition) is 4. The minimum atomic E-state index is -0.655. The van der Waals surface area contributed by atoms with Gasteiger partial charge in [-0.3, -0.25) is 4.79 Å². The summed E-state index contributed by atoms with van der Waals surface area (Å²) in [6.07, 6.45) is 1.26. The molecule has 5 nitrogen and oxygen atoms in total.